The van der Waals surface area contributed by atoms with Gasteiger partial charge in [-0.25, -0.2) is 9.00 Å². The molecule has 2 aliphatic rings. The maximum Gasteiger partial charge on any atom is 0.491 e. The molecule has 14 heteroatoms. The lowest BCUT2D eigenvalue weighted by atomic mass is 10.0. The fourth-order valence-electron chi connectivity index (χ4n) is 3.00. The van der Waals surface area contributed by atoms with Crippen LogP contribution in [0, 0.1) is 5.41 Å². The molecule has 1 atom stereocenters. The number of rotatable bonds is 5. The van der Waals surface area contributed by atoms with E-state index in [9.17, 15) is 27.0 Å². The van der Waals surface area contributed by atoms with E-state index < -0.39 is 34.9 Å². The minimum absolute atomic E-state index is 0.0198. The largest absolute Gasteiger partial charge is 0.491 e. The molecular formula is C16H18F3N6O4S+. The summed E-state index contributed by atoms with van der Waals surface area (Å²) in [5.41, 5.74) is 1.27. The summed E-state index contributed by atoms with van der Waals surface area (Å²) in [4.78, 5) is 24.4. The van der Waals surface area contributed by atoms with Gasteiger partial charge in [-0.3, -0.25) is 29.8 Å². The third-order valence-electron chi connectivity index (χ3n) is 4.33. The second-order valence-electron chi connectivity index (χ2n) is 6.63. The second kappa shape index (κ2) is 8.49. The average molecular weight is 447 g/mol. The van der Waals surface area contributed by atoms with E-state index >= 15 is 0 Å². The minimum Gasteiger partial charge on any atom is -0.401 e. The summed E-state index contributed by atoms with van der Waals surface area (Å²) in [6.07, 6.45) is -0.432. The Morgan fingerprint density at radius 1 is 1.47 bits per heavy atom. The van der Waals surface area contributed by atoms with E-state index in [-0.39, 0.29) is 23.6 Å². The van der Waals surface area contributed by atoms with Crippen molar-refractivity contribution >= 4 is 28.8 Å². The molecule has 4 N–H and O–H groups in total. The molecule has 3 heterocycles. The lowest BCUT2D eigenvalue weighted by Gasteiger charge is -2.28. The molecule has 2 aliphatic heterocycles. The highest BCUT2D eigenvalue weighted by atomic mass is 32.2. The number of carbonyl (C=O) groups is 2. The Kier molecular flexibility index (Phi) is 6.19. The Morgan fingerprint density at radius 2 is 2.20 bits per heavy atom. The zero-order valence-corrected chi connectivity index (χ0v) is 16.5. The van der Waals surface area contributed by atoms with Gasteiger partial charge in [-0.05, 0) is 0 Å². The molecule has 0 saturated carbocycles. The SMILES string of the molecule is Cn1cc(CN2CCC([NH2+]C3=CC(=O)NS3=O)=C(C(=N)OC(=O)C(F)(F)F)C2)cn1. The molecule has 30 heavy (non-hydrogen) atoms. The van der Waals surface area contributed by atoms with E-state index in [1.165, 1.54) is 5.32 Å². The molecule has 0 bridgehead atoms. The van der Waals surface area contributed by atoms with Crippen molar-refractivity contribution in [1.82, 2.24) is 19.4 Å². The average Bonchev–Trinajstić information content (AvgIpc) is 3.19. The summed E-state index contributed by atoms with van der Waals surface area (Å²) < 4.78 is 57.6. The van der Waals surface area contributed by atoms with Crippen LogP contribution >= 0.6 is 0 Å². The molecule has 0 radical (unpaired) electrons. The van der Waals surface area contributed by atoms with Gasteiger partial charge >= 0.3 is 12.1 Å². The minimum atomic E-state index is -5.24. The predicted molar refractivity (Wildman–Crippen MR) is 96.3 cm³/mol. The molecule has 0 aromatic carbocycles. The van der Waals surface area contributed by atoms with Crippen LogP contribution < -0.4 is 10.0 Å². The number of ether oxygens (including phenoxy) is 1. The molecule has 1 amide bonds. The van der Waals surface area contributed by atoms with Gasteiger partial charge in [-0.2, -0.15) is 18.3 Å². The highest BCUT2D eigenvalue weighted by Crippen LogP contribution is 2.21. The van der Waals surface area contributed by atoms with Gasteiger partial charge in [-0.1, -0.05) is 0 Å². The molecule has 1 aromatic rings. The van der Waals surface area contributed by atoms with Gasteiger partial charge in [0.25, 0.3) is 5.91 Å². The van der Waals surface area contributed by atoms with Crippen LogP contribution in [-0.2, 0) is 38.9 Å². The zero-order chi connectivity index (χ0) is 22.1. The van der Waals surface area contributed by atoms with Crippen molar-refractivity contribution in [3.8, 4) is 0 Å². The number of hydrogen-bond acceptors (Lipinski definition) is 7. The van der Waals surface area contributed by atoms with Crippen LogP contribution in [0.5, 0.6) is 0 Å². The topological polar surface area (TPSA) is 134 Å². The third kappa shape index (κ3) is 5.20. The quantitative estimate of drug-likeness (QED) is 0.306. The van der Waals surface area contributed by atoms with Crippen molar-refractivity contribution in [2.45, 2.75) is 19.1 Å². The molecule has 0 spiro atoms. The van der Waals surface area contributed by atoms with Crippen LogP contribution in [0.2, 0.25) is 0 Å². The van der Waals surface area contributed by atoms with Crippen molar-refractivity contribution in [2.24, 2.45) is 7.05 Å². The van der Waals surface area contributed by atoms with Gasteiger partial charge in [0.15, 0.2) is 0 Å². The van der Waals surface area contributed by atoms with E-state index in [0.717, 1.165) is 11.6 Å². The highest BCUT2D eigenvalue weighted by molar-refractivity contribution is 7.87. The normalized spacial score (nSPS) is 20.2. The Balaban J connectivity index is 1.83. The number of aryl methyl sites for hydroxylation is 1. The Morgan fingerprint density at radius 3 is 2.77 bits per heavy atom. The zero-order valence-electron chi connectivity index (χ0n) is 15.7. The first-order chi connectivity index (χ1) is 14.0. The molecule has 162 valence electrons. The molecule has 10 nitrogen and oxygen atoms in total. The highest BCUT2D eigenvalue weighted by Gasteiger charge is 2.43. The maximum absolute atomic E-state index is 12.6. The smallest absolute Gasteiger partial charge is 0.401 e. The fourth-order valence-corrected chi connectivity index (χ4v) is 3.82. The number of nitrogens with one attached hydrogen (secondary N) is 2. The van der Waals surface area contributed by atoms with E-state index in [0.29, 0.717) is 18.8 Å². The maximum atomic E-state index is 12.6. The number of alkyl halides is 3. The number of esters is 1. The van der Waals surface area contributed by atoms with E-state index in [4.69, 9.17) is 5.41 Å². The van der Waals surface area contributed by atoms with Gasteiger partial charge in [0.05, 0.1) is 17.8 Å². The second-order valence-corrected chi connectivity index (χ2v) is 7.84. The van der Waals surface area contributed by atoms with E-state index in [1.54, 1.807) is 24.1 Å². The number of carbonyl (C=O) groups excluding carboxylic acids is 2. The van der Waals surface area contributed by atoms with Crippen molar-refractivity contribution < 1.29 is 37.0 Å². The van der Waals surface area contributed by atoms with Crippen LogP contribution in [0.3, 0.4) is 0 Å². The van der Waals surface area contributed by atoms with E-state index in [1.807, 2.05) is 4.90 Å². The van der Waals surface area contributed by atoms with Crippen molar-refractivity contribution in [1.29, 1.82) is 5.41 Å². The Bertz CT molecular complexity index is 984. The summed E-state index contributed by atoms with van der Waals surface area (Å²) >= 11 is 0. The number of nitrogens with two attached hydrogens (primary N) is 1. The predicted octanol–water partition coefficient (Wildman–Crippen LogP) is -0.839. The van der Waals surface area contributed by atoms with Crippen LogP contribution in [0.25, 0.3) is 0 Å². The third-order valence-corrected chi connectivity index (χ3v) is 5.38. The van der Waals surface area contributed by atoms with Crippen LogP contribution in [0.15, 0.2) is 34.8 Å². The number of halogens is 3. The number of amides is 1. The monoisotopic (exact) mass is 447 g/mol. The van der Waals surface area contributed by atoms with Crippen molar-refractivity contribution in [3.63, 3.8) is 0 Å². The van der Waals surface area contributed by atoms with Gasteiger partial charge in [0.1, 0.15) is 5.70 Å². The summed E-state index contributed by atoms with van der Waals surface area (Å²) in [5, 5.41) is 13.5. The van der Waals surface area contributed by atoms with E-state index in [2.05, 4.69) is 14.6 Å². The van der Waals surface area contributed by atoms with Crippen molar-refractivity contribution in [2.75, 3.05) is 13.1 Å². The number of aromatic nitrogens is 2. The van der Waals surface area contributed by atoms with Crippen LogP contribution in [-0.4, -0.2) is 55.9 Å². The summed E-state index contributed by atoms with van der Waals surface area (Å²) in [6, 6.07) is 0. The standard InChI is InChI=1S/C16H17F3N6O4S/c1-24-6-9(5-21-24)7-25-3-2-11(22-13-4-12(26)23-30(13)28)10(8-25)14(20)29-15(27)16(17,18)19/h4-6,20,22H,2-3,7-8H2,1H3,(H,23,26)/p+1. The molecule has 0 aliphatic carbocycles. The van der Waals surface area contributed by atoms with Crippen LogP contribution in [0.4, 0.5) is 13.2 Å². The van der Waals surface area contributed by atoms with Crippen molar-refractivity contribution in [3.05, 3.63) is 40.3 Å². The first kappa shape index (κ1) is 21.9. The summed E-state index contributed by atoms with van der Waals surface area (Å²) in [6.45, 7) is 0.914. The first-order valence-electron chi connectivity index (χ1n) is 8.61. The number of quaternary nitrogens is 1. The van der Waals surface area contributed by atoms with Gasteiger partial charge in [-0.15, -0.1) is 0 Å². The summed E-state index contributed by atoms with van der Waals surface area (Å²) in [5.74, 6) is -4.00. The molecule has 1 unspecified atom stereocenters. The van der Waals surface area contributed by atoms with Gasteiger partial charge in [0.2, 0.25) is 21.9 Å². The molecular weight excluding hydrogens is 429 g/mol. The molecule has 0 fully saturated rings. The Hall–Kier alpha value is -2.84. The summed E-state index contributed by atoms with van der Waals surface area (Å²) in [7, 11) is -0.0487. The molecule has 3 rings (SSSR count). The number of hydrogen-bond donors (Lipinski definition) is 3. The van der Waals surface area contributed by atoms with Gasteiger partial charge in [0, 0.05) is 44.9 Å². The lowest BCUT2D eigenvalue weighted by Crippen LogP contribution is -2.82. The Labute approximate surface area is 170 Å². The fraction of sp³-hybridized carbons (Fsp3) is 0.375. The molecule has 1 aromatic heterocycles. The van der Waals surface area contributed by atoms with Crippen LogP contribution in [0.1, 0.15) is 12.0 Å². The number of nitrogens with zero attached hydrogens (tertiary/aromatic N) is 3. The lowest BCUT2D eigenvalue weighted by molar-refractivity contribution is -0.546. The first-order valence-corrected chi connectivity index (χ1v) is 9.76. The molecule has 0 saturated heterocycles. The van der Waals surface area contributed by atoms with Gasteiger partial charge < -0.3 is 4.74 Å².